The van der Waals surface area contributed by atoms with Crippen LogP contribution in [0.5, 0.6) is 0 Å². The fraction of sp³-hybridized carbons (Fsp3) is 0.167. The smallest absolute Gasteiger partial charge is 0.281 e. The topological polar surface area (TPSA) is 82.3 Å². The van der Waals surface area contributed by atoms with Gasteiger partial charge in [0.1, 0.15) is 11.5 Å². The first-order chi connectivity index (χ1) is 8.61. The van der Waals surface area contributed by atoms with Crippen molar-refractivity contribution >= 4 is 17.3 Å². The molecule has 0 bridgehead atoms. The molecule has 2 N–H and O–H groups in total. The SMILES string of the molecule is NCCc1ccc(-c2ccc(Cl)cc2[N+](=O)[O-])o1. The summed E-state index contributed by atoms with van der Waals surface area (Å²) >= 11 is 5.75. The highest BCUT2D eigenvalue weighted by atomic mass is 35.5. The highest BCUT2D eigenvalue weighted by molar-refractivity contribution is 6.30. The summed E-state index contributed by atoms with van der Waals surface area (Å²) < 4.78 is 5.51. The molecule has 94 valence electrons. The molecule has 18 heavy (non-hydrogen) atoms. The number of hydrogen-bond donors (Lipinski definition) is 1. The summed E-state index contributed by atoms with van der Waals surface area (Å²) in [5.74, 6) is 1.15. The molecule has 2 aromatic rings. The van der Waals surface area contributed by atoms with Crippen LogP contribution in [0.25, 0.3) is 11.3 Å². The molecule has 0 aliphatic rings. The molecule has 0 aliphatic carbocycles. The van der Waals surface area contributed by atoms with Gasteiger partial charge in [-0.1, -0.05) is 11.6 Å². The van der Waals surface area contributed by atoms with E-state index in [1.807, 2.05) is 0 Å². The lowest BCUT2D eigenvalue weighted by atomic mass is 10.1. The maximum Gasteiger partial charge on any atom is 0.281 e. The van der Waals surface area contributed by atoms with Crippen molar-refractivity contribution in [2.24, 2.45) is 5.73 Å². The van der Waals surface area contributed by atoms with Gasteiger partial charge in [0.25, 0.3) is 5.69 Å². The van der Waals surface area contributed by atoms with Gasteiger partial charge in [0.05, 0.1) is 10.5 Å². The Labute approximate surface area is 108 Å². The van der Waals surface area contributed by atoms with Crippen molar-refractivity contribution in [3.8, 4) is 11.3 Å². The number of rotatable bonds is 4. The van der Waals surface area contributed by atoms with Gasteiger partial charge < -0.3 is 10.2 Å². The third kappa shape index (κ3) is 2.52. The molecule has 5 nitrogen and oxygen atoms in total. The maximum absolute atomic E-state index is 11.0. The minimum Gasteiger partial charge on any atom is -0.461 e. The molecule has 1 aromatic heterocycles. The predicted molar refractivity (Wildman–Crippen MR) is 68.6 cm³/mol. The Kier molecular flexibility index (Phi) is 3.64. The van der Waals surface area contributed by atoms with Crippen molar-refractivity contribution in [2.75, 3.05) is 6.54 Å². The summed E-state index contributed by atoms with van der Waals surface area (Å²) in [6.45, 7) is 0.468. The average molecular weight is 267 g/mol. The van der Waals surface area contributed by atoms with Crippen LogP contribution in [0, 0.1) is 10.1 Å². The Morgan fingerprint density at radius 3 is 2.78 bits per heavy atom. The summed E-state index contributed by atoms with van der Waals surface area (Å²) in [6, 6.07) is 7.93. The van der Waals surface area contributed by atoms with Gasteiger partial charge in [-0.15, -0.1) is 0 Å². The lowest BCUT2D eigenvalue weighted by molar-refractivity contribution is -0.384. The Hall–Kier alpha value is -1.85. The van der Waals surface area contributed by atoms with Gasteiger partial charge in [-0.05, 0) is 30.8 Å². The van der Waals surface area contributed by atoms with Crippen LogP contribution in [-0.2, 0) is 6.42 Å². The molecular formula is C12H11ClN2O3. The zero-order chi connectivity index (χ0) is 13.1. The summed E-state index contributed by atoms with van der Waals surface area (Å²) in [7, 11) is 0. The second kappa shape index (κ2) is 5.20. The molecule has 0 unspecified atom stereocenters. The second-order valence-electron chi connectivity index (χ2n) is 3.72. The third-order valence-corrected chi connectivity index (χ3v) is 2.71. The van der Waals surface area contributed by atoms with Gasteiger partial charge in [-0.2, -0.15) is 0 Å². The van der Waals surface area contributed by atoms with Crippen molar-refractivity contribution < 1.29 is 9.34 Å². The Morgan fingerprint density at radius 2 is 2.11 bits per heavy atom. The number of halogens is 1. The van der Waals surface area contributed by atoms with Gasteiger partial charge in [-0.3, -0.25) is 10.1 Å². The Morgan fingerprint density at radius 1 is 1.33 bits per heavy atom. The molecule has 0 amide bonds. The zero-order valence-electron chi connectivity index (χ0n) is 9.43. The normalized spacial score (nSPS) is 10.6. The molecule has 0 spiro atoms. The molecule has 0 atom stereocenters. The standard InChI is InChI=1S/C12H11ClN2O3/c13-8-1-3-10(11(7-8)15(16)17)12-4-2-9(18-12)5-6-14/h1-4,7H,5-6,14H2. The summed E-state index contributed by atoms with van der Waals surface area (Å²) in [5, 5.41) is 11.3. The largest absolute Gasteiger partial charge is 0.461 e. The van der Waals surface area contributed by atoms with Gasteiger partial charge in [0, 0.05) is 17.5 Å². The fourth-order valence-electron chi connectivity index (χ4n) is 1.66. The van der Waals surface area contributed by atoms with E-state index in [4.69, 9.17) is 21.8 Å². The van der Waals surface area contributed by atoms with E-state index in [9.17, 15) is 10.1 Å². The number of furan rings is 1. The van der Waals surface area contributed by atoms with E-state index in [1.54, 1.807) is 24.3 Å². The third-order valence-electron chi connectivity index (χ3n) is 2.47. The predicted octanol–water partition coefficient (Wildman–Crippen LogP) is 3.01. The van der Waals surface area contributed by atoms with Crippen LogP contribution in [0.15, 0.2) is 34.7 Å². The average Bonchev–Trinajstić information content (AvgIpc) is 2.78. The minimum absolute atomic E-state index is 0.0730. The molecule has 1 aromatic carbocycles. The number of hydrogen-bond acceptors (Lipinski definition) is 4. The van der Waals surface area contributed by atoms with Gasteiger partial charge in [0.15, 0.2) is 0 Å². The van der Waals surface area contributed by atoms with Gasteiger partial charge in [0.2, 0.25) is 0 Å². The highest BCUT2D eigenvalue weighted by Gasteiger charge is 2.18. The van der Waals surface area contributed by atoms with E-state index in [2.05, 4.69) is 0 Å². The van der Waals surface area contributed by atoms with Crippen LogP contribution in [0.4, 0.5) is 5.69 Å². The van der Waals surface area contributed by atoms with Crippen LogP contribution in [0.1, 0.15) is 5.76 Å². The van der Waals surface area contributed by atoms with E-state index < -0.39 is 4.92 Å². The van der Waals surface area contributed by atoms with Crippen LogP contribution in [0.3, 0.4) is 0 Å². The first-order valence-electron chi connectivity index (χ1n) is 5.35. The van der Waals surface area contributed by atoms with Gasteiger partial charge >= 0.3 is 0 Å². The maximum atomic E-state index is 11.0. The minimum atomic E-state index is -0.480. The quantitative estimate of drug-likeness (QED) is 0.681. The zero-order valence-corrected chi connectivity index (χ0v) is 10.2. The van der Waals surface area contributed by atoms with E-state index in [0.29, 0.717) is 35.1 Å². The van der Waals surface area contributed by atoms with Crippen molar-refractivity contribution in [2.45, 2.75) is 6.42 Å². The number of benzene rings is 1. The van der Waals surface area contributed by atoms with Crippen molar-refractivity contribution in [3.63, 3.8) is 0 Å². The molecule has 0 saturated heterocycles. The molecule has 1 heterocycles. The van der Waals surface area contributed by atoms with Crippen molar-refractivity contribution in [1.29, 1.82) is 0 Å². The number of nitrogens with zero attached hydrogens (tertiary/aromatic N) is 1. The van der Waals surface area contributed by atoms with E-state index in [0.717, 1.165) is 0 Å². The molecule has 2 rings (SSSR count). The number of nitro groups is 1. The van der Waals surface area contributed by atoms with Gasteiger partial charge in [-0.25, -0.2) is 0 Å². The van der Waals surface area contributed by atoms with E-state index in [-0.39, 0.29) is 5.69 Å². The molecule has 0 fully saturated rings. The fourth-order valence-corrected chi connectivity index (χ4v) is 1.83. The lowest BCUT2D eigenvalue weighted by Crippen LogP contribution is -2.01. The van der Waals surface area contributed by atoms with Crippen LogP contribution < -0.4 is 5.73 Å². The summed E-state index contributed by atoms with van der Waals surface area (Å²) in [6.07, 6.45) is 0.599. The molecular weight excluding hydrogens is 256 g/mol. The first kappa shape index (κ1) is 12.6. The van der Waals surface area contributed by atoms with E-state index in [1.165, 1.54) is 6.07 Å². The van der Waals surface area contributed by atoms with Crippen molar-refractivity contribution in [3.05, 3.63) is 51.2 Å². The highest BCUT2D eigenvalue weighted by Crippen LogP contribution is 2.33. The number of nitrogens with two attached hydrogens (primary N) is 1. The second-order valence-corrected chi connectivity index (χ2v) is 4.16. The van der Waals surface area contributed by atoms with Crippen LogP contribution >= 0.6 is 11.6 Å². The number of nitro benzene ring substituents is 1. The molecule has 0 radical (unpaired) electrons. The first-order valence-corrected chi connectivity index (χ1v) is 5.72. The Bertz CT molecular complexity index is 580. The molecule has 0 saturated carbocycles. The lowest BCUT2D eigenvalue weighted by Gasteiger charge is -2.00. The monoisotopic (exact) mass is 266 g/mol. The van der Waals surface area contributed by atoms with Crippen molar-refractivity contribution in [1.82, 2.24) is 0 Å². The molecule has 0 aliphatic heterocycles. The summed E-state index contributed by atoms with van der Waals surface area (Å²) in [5.41, 5.74) is 5.76. The molecule has 6 heteroatoms. The van der Waals surface area contributed by atoms with E-state index >= 15 is 0 Å². The Balaban J connectivity index is 2.45. The van der Waals surface area contributed by atoms with Crippen LogP contribution in [-0.4, -0.2) is 11.5 Å². The van der Waals surface area contributed by atoms with Crippen LogP contribution in [0.2, 0.25) is 5.02 Å². The summed E-state index contributed by atoms with van der Waals surface area (Å²) in [4.78, 5) is 10.5.